The minimum absolute atomic E-state index is 0.101. The van der Waals surface area contributed by atoms with Crippen LogP contribution in [0.2, 0.25) is 5.15 Å². The summed E-state index contributed by atoms with van der Waals surface area (Å²) >= 11 is 5.56. The van der Waals surface area contributed by atoms with E-state index in [1.54, 1.807) is 12.1 Å². The highest BCUT2D eigenvalue weighted by atomic mass is 35.5. The third-order valence-electron chi connectivity index (χ3n) is 1.80. The molecular formula is C10H14ClN3O2. The molecule has 88 valence electrons. The Hall–Kier alpha value is -1.20. The van der Waals surface area contributed by atoms with E-state index in [2.05, 4.69) is 15.5 Å². The fourth-order valence-electron chi connectivity index (χ4n) is 1.07. The van der Waals surface area contributed by atoms with Crippen LogP contribution in [0.4, 0.5) is 5.82 Å². The highest BCUT2D eigenvalue weighted by molar-refractivity contribution is 6.29. The molecule has 1 rings (SSSR count). The first-order chi connectivity index (χ1) is 7.72. The average Bonchev–Trinajstić information content (AvgIpc) is 2.28. The number of amides is 1. The molecule has 5 nitrogen and oxygen atoms in total. The van der Waals surface area contributed by atoms with Crippen molar-refractivity contribution in [3.8, 4) is 0 Å². The molecule has 0 aliphatic rings. The van der Waals surface area contributed by atoms with E-state index < -0.39 is 0 Å². The summed E-state index contributed by atoms with van der Waals surface area (Å²) in [5.74, 6) is 0.308. The highest BCUT2D eigenvalue weighted by Gasteiger charge is 2.03. The van der Waals surface area contributed by atoms with Gasteiger partial charge in [0.15, 0.2) is 11.0 Å². The minimum atomic E-state index is -0.101. The van der Waals surface area contributed by atoms with E-state index in [-0.39, 0.29) is 5.91 Å². The molecule has 0 aromatic carbocycles. The van der Waals surface area contributed by atoms with E-state index in [9.17, 15) is 4.79 Å². The normalized spacial score (nSPS) is 10.1. The number of carbonyl (C=O) groups excluding carboxylic acids is 1. The number of carbonyl (C=O) groups is 1. The monoisotopic (exact) mass is 243 g/mol. The zero-order valence-corrected chi connectivity index (χ0v) is 9.83. The lowest BCUT2D eigenvalue weighted by Gasteiger charge is -2.03. The lowest BCUT2D eigenvalue weighted by Crippen LogP contribution is -2.13. The SMILES string of the molecule is CCOCCCC(=O)Nc1ccc(Cl)nn1. The third-order valence-corrected chi connectivity index (χ3v) is 2.00. The Morgan fingerprint density at radius 2 is 2.31 bits per heavy atom. The minimum Gasteiger partial charge on any atom is -0.382 e. The van der Waals surface area contributed by atoms with Crippen molar-refractivity contribution >= 4 is 23.3 Å². The van der Waals surface area contributed by atoms with Crippen LogP contribution in [0.15, 0.2) is 12.1 Å². The zero-order valence-electron chi connectivity index (χ0n) is 9.07. The topological polar surface area (TPSA) is 64.1 Å². The predicted molar refractivity (Wildman–Crippen MR) is 61.4 cm³/mol. The first-order valence-corrected chi connectivity index (χ1v) is 5.47. The number of ether oxygens (including phenoxy) is 1. The van der Waals surface area contributed by atoms with Crippen LogP contribution < -0.4 is 5.32 Å². The molecule has 0 saturated heterocycles. The van der Waals surface area contributed by atoms with E-state index in [1.165, 1.54) is 0 Å². The molecule has 0 radical (unpaired) electrons. The van der Waals surface area contributed by atoms with Gasteiger partial charge < -0.3 is 10.1 Å². The summed E-state index contributed by atoms with van der Waals surface area (Å²) in [7, 11) is 0. The summed E-state index contributed by atoms with van der Waals surface area (Å²) in [5, 5.41) is 10.3. The van der Waals surface area contributed by atoms with Gasteiger partial charge in [-0.05, 0) is 25.5 Å². The standard InChI is InChI=1S/C10H14ClN3O2/c1-2-16-7-3-4-10(15)12-9-6-5-8(11)13-14-9/h5-6H,2-4,7H2,1H3,(H,12,14,15). The molecule has 16 heavy (non-hydrogen) atoms. The van der Waals surface area contributed by atoms with Gasteiger partial charge in [0.25, 0.3) is 0 Å². The number of halogens is 1. The maximum absolute atomic E-state index is 11.4. The Morgan fingerprint density at radius 1 is 1.50 bits per heavy atom. The number of nitrogens with zero attached hydrogens (tertiary/aromatic N) is 2. The molecule has 0 aliphatic carbocycles. The molecule has 1 N–H and O–H groups in total. The van der Waals surface area contributed by atoms with Crippen LogP contribution in [0.3, 0.4) is 0 Å². The number of hydrogen-bond donors (Lipinski definition) is 1. The van der Waals surface area contributed by atoms with E-state index in [1.807, 2.05) is 6.92 Å². The van der Waals surface area contributed by atoms with Crippen molar-refractivity contribution < 1.29 is 9.53 Å². The number of aromatic nitrogens is 2. The second-order valence-corrected chi connectivity index (χ2v) is 3.48. The highest BCUT2D eigenvalue weighted by Crippen LogP contribution is 2.06. The lowest BCUT2D eigenvalue weighted by molar-refractivity contribution is -0.116. The molecule has 1 heterocycles. The fourth-order valence-corrected chi connectivity index (χ4v) is 1.17. The molecule has 1 aromatic heterocycles. The Morgan fingerprint density at radius 3 is 2.94 bits per heavy atom. The molecule has 0 aliphatic heterocycles. The van der Waals surface area contributed by atoms with Crippen LogP contribution in [0.5, 0.6) is 0 Å². The van der Waals surface area contributed by atoms with Gasteiger partial charge in [-0.3, -0.25) is 4.79 Å². The molecule has 0 saturated carbocycles. The van der Waals surface area contributed by atoms with Gasteiger partial charge in [0.05, 0.1) is 0 Å². The zero-order chi connectivity index (χ0) is 11.8. The van der Waals surface area contributed by atoms with Gasteiger partial charge in [0, 0.05) is 19.6 Å². The van der Waals surface area contributed by atoms with Gasteiger partial charge in [-0.2, -0.15) is 0 Å². The van der Waals surface area contributed by atoms with Crippen molar-refractivity contribution in [2.45, 2.75) is 19.8 Å². The quantitative estimate of drug-likeness (QED) is 0.775. The molecule has 0 fully saturated rings. The summed E-state index contributed by atoms with van der Waals surface area (Å²) in [6, 6.07) is 3.18. The predicted octanol–water partition coefficient (Wildman–Crippen LogP) is 1.89. The van der Waals surface area contributed by atoms with Crippen molar-refractivity contribution in [3.63, 3.8) is 0 Å². The summed E-state index contributed by atoms with van der Waals surface area (Å²) in [4.78, 5) is 11.4. The van der Waals surface area contributed by atoms with Crippen molar-refractivity contribution in [2.24, 2.45) is 0 Å². The first kappa shape index (κ1) is 12.9. The van der Waals surface area contributed by atoms with Crippen LogP contribution in [0.1, 0.15) is 19.8 Å². The molecular weight excluding hydrogens is 230 g/mol. The Balaban J connectivity index is 2.26. The smallest absolute Gasteiger partial charge is 0.225 e. The molecule has 1 amide bonds. The summed E-state index contributed by atoms with van der Waals surface area (Å²) in [6.07, 6.45) is 1.10. The van der Waals surface area contributed by atoms with Crippen molar-refractivity contribution in [1.29, 1.82) is 0 Å². The van der Waals surface area contributed by atoms with E-state index in [0.717, 1.165) is 0 Å². The fraction of sp³-hybridized carbons (Fsp3) is 0.500. The van der Waals surface area contributed by atoms with Crippen LogP contribution >= 0.6 is 11.6 Å². The van der Waals surface area contributed by atoms with Gasteiger partial charge in [-0.15, -0.1) is 10.2 Å². The van der Waals surface area contributed by atoms with Gasteiger partial charge in [-0.1, -0.05) is 11.6 Å². The van der Waals surface area contributed by atoms with Gasteiger partial charge in [0.2, 0.25) is 5.91 Å². The van der Waals surface area contributed by atoms with Crippen molar-refractivity contribution in [2.75, 3.05) is 18.5 Å². The van der Waals surface area contributed by atoms with Crippen LogP contribution in [-0.4, -0.2) is 29.3 Å². The Bertz CT molecular complexity index is 329. The van der Waals surface area contributed by atoms with Crippen LogP contribution in [0.25, 0.3) is 0 Å². The van der Waals surface area contributed by atoms with Crippen LogP contribution in [-0.2, 0) is 9.53 Å². The lowest BCUT2D eigenvalue weighted by atomic mass is 10.3. The largest absolute Gasteiger partial charge is 0.382 e. The number of nitrogens with one attached hydrogen (secondary N) is 1. The van der Waals surface area contributed by atoms with E-state index >= 15 is 0 Å². The van der Waals surface area contributed by atoms with Gasteiger partial charge in [0.1, 0.15) is 0 Å². The van der Waals surface area contributed by atoms with Crippen molar-refractivity contribution in [1.82, 2.24) is 10.2 Å². The number of rotatable bonds is 6. The maximum atomic E-state index is 11.4. The molecule has 1 aromatic rings. The Kier molecular flexibility index (Phi) is 5.74. The summed E-state index contributed by atoms with van der Waals surface area (Å²) in [5.41, 5.74) is 0. The summed E-state index contributed by atoms with van der Waals surface area (Å²) in [6.45, 7) is 3.18. The number of anilines is 1. The van der Waals surface area contributed by atoms with E-state index in [0.29, 0.717) is 37.0 Å². The van der Waals surface area contributed by atoms with Gasteiger partial charge >= 0.3 is 0 Å². The second kappa shape index (κ2) is 7.14. The molecule has 0 bridgehead atoms. The van der Waals surface area contributed by atoms with Gasteiger partial charge in [-0.25, -0.2) is 0 Å². The second-order valence-electron chi connectivity index (χ2n) is 3.09. The third kappa shape index (κ3) is 5.04. The number of hydrogen-bond acceptors (Lipinski definition) is 4. The summed E-state index contributed by atoms with van der Waals surface area (Å²) < 4.78 is 5.12. The Labute approximate surface area is 99.2 Å². The first-order valence-electron chi connectivity index (χ1n) is 5.09. The average molecular weight is 244 g/mol. The maximum Gasteiger partial charge on any atom is 0.225 e. The molecule has 0 atom stereocenters. The molecule has 0 spiro atoms. The molecule has 0 unspecified atom stereocenters. The molecule has 6 heteroatoms. The van der Waals surface area contributed by atoms with Crippen molar-refractivity contribution in [3.05, 3.63) is 17.3 Å². The van der Waals surface area contributed by atoms with E-state index in [4.69, 9.17) is 16.3 Å². The van der Waals surface area contributed by atoms with Crippen LogP contribution in [0, 0.1) is 0 Å².